The lowest BCUT2D eigenvalue weighted by Crippen LogP contribution is -2.14. The van der Waals surface area contributed by atoms with Gasteiger partial charge in [0.05, 0.1) is 11.3 Å². The van der Waals surface area contributed by atoms with Gasteiger partial charge in [0.15, 0.2) is 10.8 Å². The molecule has 4 rings (SSSR count). The van der Waals surface area contributed by atoms with Gasteiger partial charge < -0.3 is 10.6 Å². The van der Waals surface area contributed by atoms with Crippen LogP contribution in [-0.2, 0) is 9.59 Å². The van der Waals surface area contributed by atoms with E-state index in [1.54, 1.807) is 24.3 Å². The van der Waals surface area contributed by atoms with Crippen molar-refractivity contribution in [1.29, 1.82) is 0 Å². The van der Waals surface area contributed by atoms with Crippen molar-refractivity contribution in [3.8, 4) is 0 Å². The fourth-order valence-corrected chi connectivity index (χ4v) is 3.86. The van der Waals surface area contributed by atoms with Gasteiger partial charge in [0.2, 0.25) is 11.8 Å². The SMILES string of the molecule is CC(=O)Nc1ccc(NC(=O)CSc2nnc3c(C)cc4ccccc4n23)cc1. The Bertz CT molecular complexity index is 1220. The van der Waals surface area contributed by atoms with Crippen LogP contribution < -0.4 is 10.6 Å². The predicted octanol–water partition coefficient (Wildman–Crippen LogP) is 3.88. The number of hydrogen-bond acceptors (Lipinski definition) is 5. The fourth-order valence-electron chi connectivity index (χ4n) is 3.11. The van der Waals surface area contributed by atoms with E-state index in [2.05, 4.69) is 26.9 Å². The summed E-state index contributed by atoms with van der Waals surface area (Å²) in [5.74, 6) is -0.0753. The number of anilines is 2. The Morgan fingerprint density at radius 3 is 2.41 bits per heavy atom. The van der Waals surface area contributed by atoms with Crippen LogP contribution in [0.25, 0.3) is 16.6 Å². The molecular formula is C21H19N5O2S. The van der Waals surface area contributed by atoms with Crippen molar-refractivity contribution in [1.82, 2.24) is 14.6 Å². The first-order valence-electron chi connectivity index (χ1n) is 9.05. The second-order valence-corrected chi connectivity index (χ2v) is 7.57. The number of benzene rings is 2. The fraction of sp³-hybridized carbons (Fsp3) is 0.143. The summed E-state index contributed by atoms with van der Waals surface area (Å²) in [7, 11) is 0. The zero-order valence-electron chi connectivity index (χ0n) is 16.0. The number of rotatable bonds is 5. The van der Waals surface area contributed by atoms with Crippen LogP contribution in [0.2, 0.25) is 0 Å². The van der Waals surface area contributed by atoms with E-state index in [0.717, 1.165) is 22.1 Å². The summed E-state index contributed by atoms with van der Waals surface area (Å²) in [4.78, 5) is 23.5. The molecule has 0 atom stereocenters. The number of carbonyl (C=O) groups is 2. The monoisotopic (exact) mass is 405 g/mol. The molecule has 29 heavy (non-hydrogen) atoms. The van der Waals surface area contributed by atoms with Gasteiger partial charge in [-0.2, -0.15) is 0 Å². The largest absolute Gasteiger partial charge is 0.326 e. The summed E-state index contributed by atoms with van der Waals surface area (Å²) in [5, 5.41) is 15.9. The van der Waals surface area contributed by atoms with Gasteiger partial charge in [-0.15, -0.1) is 10.2 Å². The van der Waals surface area contributed by atoms with Gasteiger partial charge in [-0.25, -0.2) is 0 Å². The molecule has 0 saturated heterocycles. The van der Waals surface area contributed by atoms with Crippen molar-refractivity contribution in [3.63, 3.8) is 0 Å². The van der Waals surface area contributed by atoms with Crippen molar-refractivity contribution < 1.29 is 9.59 Å². The molecule has 0 saturated carbocycles. The summed E-state index contributed by atoms with van der Waals surface area (Å²) in [6.45, 7) is 3.45. The van der Waals surface area contributed by atoms with Gasteiger partial charge in [0.1, 0.15) is 0 Å². The molecular weight excluding hydrogens is 386 g/mol. The molecule has 2 aromatic carbocycles. The number of carbonyl (C=O) groups excluding carboxylic acids is 2. The van der Waals surface area contributed by atoms with Crippen LogP contribution >= 0.6 is 11.8 Å². The van der Waals surface area contributed by atoms with Crippen molar-refractivity contribution >= 4 is 51.5 Å². The first kappa shape index (κ1) is 18.9. The Morgan fingerprint density at radius 1 is 1.00 bits per heavy atom. The van der Waals surface area contributed by atoms with Crippen molar-refractivity contribution in [2.45, 2.75) is 19.0 Å². The van der Waals surface area contributed by atoms with E-state index < -0.39 is 0 Å². The van der Waals surface area contributed by atoms with Crippen LogP contribution in [0.1, 0.15) is 12.5 Å². The van der Waals surface area contributed by atoms with Gasteiger partial charge in [0, 0.05) is 18.3 Å². The minimum atomic E-state index is -0.143. The smallest absolute Gasteiger partial charge is 0.234 e. The molecule has 8 heteroatoms. The maximum atomic E-state index is 12.4. The third-order valence-corrected chi connectivity index (χ3v) is 5.29. The van der Waals surface area contributed by atoms with E-state index in [1.165, 1.54) is 18.7 Å². The highest BCUT2D eigenvalue weighted by molar-refractivity contribution is 7.99. The van der Waals surface area contributed by atoms with Crippen LogP contribution in [-0.4, -0.2) is 32.2 Å². The zero-order chi connectivity index (χ0) is 20.4. The number of fused-ring (bicyclic) bond motifs is 3. The van der Waals surface area contributed by atoms with E-state index in [-0.39, 0.29) is 17.6 Å². The highest BCUT2D eigenvalue weighted by Crippen LogP contribution is 2.25. The molecule has 0 aliphatic carbocycles. The molecule has 0 aliphatic heterocycles. The maximum Gasteiger partial charge on any atom is 0.234 e. The van der Waals surface area contributed by atoms with E-state index in [9.17, 15) is 9.59 Å². The summed E-state index contributed by atoms with van der Waals surface area (Å²) >= 11 is 1.34. The lowest BCUT2D eigenvalue weighted by Gasteiger charge is -2.08. The molecule has 0 fully saturated rings. The van der Waals surface area contributed by atoms with E-state index in [1.807, 2.05) is 35.6 Å². The predicted molar refractivity (Wildman–Crippen MR) is 115 cm³/mol. The van der Waals surface area contributed by atoms with Crippen LogP contribution in [0.4, 0.5) is 11.4 Å². The third kappa shape index (κ3) is 4.07. The highest BCUT2D eigenvalue weighted by Gasteiger charge is 2.13. The average molecular weight is 405 g/mol. The molecule has 7 nitrogen and oxygen atoms in total. The summed E-state index contributed by atoms with van der Waals surface area (Å²) in [6.07, 6.45) is 0. The number of aromatic nitrogens is 3. The van der Waals surface area contributed by atoms with Gasteiger partial charge in [-0.05, 0) is 54.3 Å². The second kappa shape index (κ2) is 7.92. The van der Waals surface area contributed by atoms with E-state index >= 15 is 0 Å². The highest BCUT2D eigenvalue weighted by atomic mass is 32.2. The number of nitrogens with zero attached hydrogens (tertiary/aromatic N) is 3. The number of pyridine rings is 1. The molecule has 0 unspecified atom stereocenters. The number of nitrogens with one attached hydrogen (secondary N) is 2. The molecule has 146 valence electrons. The molecule has 2 N–H and O–H groups in total. The minimum absolute atomic E-state index is 0.138. The minimum Gasteiger partial charge on any atom is -0.326 e. The van der Waals surface area contributed by atoms with Gasteiger partial charge in [0.25, 0.3) is 0 Å². The lowest BCUT2D eigenvalue weighted by atomic mass is 10.1. The Balaban J connectivity index is 1.48. The molecule has 2 amide bonds. The Labute approximate surface area is 171 Å². The molecule has 2 heterocycles. The topological polar surface area (TPSA) is 88.4 Å². The zero-order valence-corrected chi connectivity index (χ0v) is 16.8. The Kier molecular flexibility index (Phi) is 5.18. The van der Waals surface area contributed by atoms with Crippen molar-refractivity contribution in [2.24, 2.45) is 0 Å². The normalized spacial score (nSPS) is 11.0. The first-order valence-corrected chi connectivity index (χ1v) is 10.0. The van der Waals surface area contributed by atoms with Crippen molar-refractivity contribution in [2.75, 3.05) is 16.4 Å². The van der Waals surface area contributed by atoms with Gasteiger partial charge in [-0.1, -0.05) is 30.0 Å². The quantitative estimate of drug-likeness (QED) is 0.492. The van der Waals surface area contributed by atoms with Gasteiger partial charge >= 0.3 is 0 Å². The van der Waals surface area contributed by atoms with Crippen molar-refractivity contribution in [3.05, 3.63) is 60.2 Å². The molecule has 4 aromatic rings. The van der Waals surface area contributed by atoms with Gasteiger partial charge in [-0.3, -0.25) is 14.0 Å². The molecule has 0 radical (unpaired) electrons. The lowest BCUT2D eigenvalue weighted by molar-refractivity contribution is -0.114. The maximum absolute atomic E-state index is 12.4. The third-order valence-electron chi connectivity index (χ3n) is 4.36. The van der Waals surface area contributed by atoms with E-state index in [0.29, 0.717) is 16.5 Å². The number of aryl methyl sites for hydroxylation is 1. The number of hydrogen-bond donors (Lipinski definition) is 2. The second-order valence-electron chi connectivity index (χ2n) is 6.62. The number of para-hydroxylation sites is 1. The molecule has 0 bridgehead atoms. The molecule has 0 aliphatic rings. The summed E-state index contributed by atoms with van der Waals surface area (Å²) < 4.78 is 1.99. The van der Waals surface area contributed by atoms with Crippen LogP contribution in [0.5, 0.6) is 0 Å². The Hall–Kier alpha value is -3.39. The summed E-state index contributed by atoms with van der Waals surface area (Å²) in [6, 6.07) is 17.1. The molecule has 2 aromatic heterocycles. The summed E-state index contributed by atoms with van der Waals surface area (Å²) in [5.41, 5.74) is 4.18. The van der Waals surface area contributed by atoms with Crippen LogP contribution in [0.15, 0.2) is 59.8 Å². The number of amides is 2. The number of thioether (sulfide) groups is 1. The first-order chi connectivity index (χ1) is 14.0. The van der Waals surface area contributed by atoms with E-state index in [4.69, 9.17) is 0 Å². The standard InChI is InChI=1S/C21H19N5O2S/c1-13-11-15-5-3-4-6-18(15)26-20(13)24-25-21(26)29-12-19(28)23-17-9-7-16(8-10-17)22-14(2)27/h3-11H,12H2,1-2H3,(H,22,27)(H,23,28). The van der Waals surface area contributed by atoms with Crippen LogP contribution in [0, 0.1) is 6.92 Å². The Morgan fingerprint density at radius 2 is 1.69 bits per heavy atom. The average Bonchev–Trinajstić information content (AvgIpc) is 3.13. The van der Waals surface area contributed by atoms with Crippen LogP contribution in [0.3, 0.4) is 0 Å². The molecule has 0 spiro atoms.